The number of nitrogens with two attached hydrogens (primary N) is 1. The Morgan fingerprint density at radius 3 is 2.52 bits per heavy atom. The van der Waals surface area contributed by atoms with Crippen LogP contribution in [-0.2, 0) is 6.54 Å². The predicted octanol–water partition coefficient (Wildman–Crippen LogP) is 3.86. The Hall–Kier alpha value is -2.82. The highest BCUT2D eigenvalue weighted by Gasteiger charge is 2.17. The first-order valence-corrected chi connectivity index (χ1v) is 7.54. The van der Waals surface area contributed by atoms with Crippen LogP contribution in [0.1, 0.15) is 22.6 Å². The number of pyridine rings is 1. The van der Waals surface area contributed by atoms with Gasteiger partial charge in [-0.3, -0.25) is 0 Å². The van der Waals surface area contributed by atoms with Crippen molar-refractivity contribution < 1.29 is 4.52 Å². The molecule has 0 aliphatic rings. The van der Waals surface area contributed by atoms with Crippen LogP contribution in [0.25, 0.3) is 11.1 Å². The monoisotopic (exact) mass is 308 g/mol. The quantitative estimate of drug-likeness (QED) is 0.765. The Bertz CT molecular complexity index is 805. The van der Waals surface area contributed by atoms with Crippen LogP contribution in [-0.4, -0.2) is 10.1 Å². The van der Waals surface area contributed by atoms with Crippen molar-refractivity contribution in [3.05, 3.63) is 59.1 Å². The van der Waals surface area contributed by atoms with Crippen molar-refractivity contribution in [2.24, 2.45) is 0 Å². The van der Waals surface area contributed by atoms with Crippen LogP contribution < -0.4 is 11.1 Å². The smallest absolute Gasteiger partial charge is 0.147 e. The lowest BCUT2D eigenvalue weighted by atomic mass is 10.00. The van der Waals surface area contributed by atoms with Crippen LogP contribution in [0, 0.1) is 20.8 Å². The van der Waals surface area contributed by atoms with Crippen molar-refractivity contribution in [2.75, 3.05) is 11.1 Å². The summed E-state index contributed by atoms with van der Waals surface area (Å²) >= 11 is 0. The number of anilines is 2. The Morgan fingerprint density at radius 2 is 1.87 bits per heavy atom. The molecule has 0 amide bonds. The third kappa shape index (κ3) is 2.90. The second-order valence-corrected chi connectivity index (χ2v) is 5.60. The second kappa shape index (κ2) is 6.12. The summed E-state index contributed by atoms with van der Waals surface area (Å²) in [5.74, 6) is 1.28. The van der Waals surface area contributed by atoms with Gasteiger partial charge in [-0.1, -0.05) is 35.5 Å². The van der Waals surface area contributed by atoms with Gasteiger partial charge in [0.2, 0.25) is 0 Å². The van der Waals surface area contributed by atoms with Gasteiger partial charge in [-0.05, 0) is 31.9 Å². The van der Waals surface area contributed by atoms with Gasteiger partial charge >= 0.3 is 0 Å². The third-order valence-electron chi connectivity index (χ3n) is 3.98. The molecule has 0 aliphatic carbocycles. The number of nitrogens with one attached hydrogen (secondary N) is 1. The molecule has 0 bridgehead atoms. The Kier molecular flexibility index (Phi) is 4.02. The second-order valence-electron chi connectivity index (χ2n) is 5.60. The fourth-order valence-corrected chi connectivity index (χ4v) is 2.75. The van der Waals surface area contributed by atoms with E-state index in [-0.39, 0.29) is 0 Å². The lowest BCUT2D eigenvalue weighted by molar-refractivity contribution is 0.393. The van der Waals surface area contributed by atoms with Crippen molar-refractivity contribution in [2.45, 2.75) is 27.3 Å². The normalized spacial score (nSPS) is 10.7. The molecule has 5 heteroatoms. The van der Waals surface area contributed by atoms with Crippen molar-refractivity contribution in [3.63, 3.8) is 0 Å². The van der Waals surface area contributed by atoms with Crippen LogP contribution in [0.4, 0.5) is 11.5 Å². The lowest BCUT2D eigenvalue weighted by Gasteiger charge is -2.15. The predicted molar refractivity (Wildman–Crippen MR) is 92.1 cm³/mol. The van der Waals surface area contributed by atoms with Gasteiger partial charge < -0.3 is 15.6 Å². The minimum absolute atomic E-state index is 0.494. The van der Waals surface area contributed by atoms with Gasteiger partial charge in [0, 0.05) is 23.9 Å². The molecular weight excluding hydrogens is 288 g/mol. The SMILES string of the molecule is Cc1noc(C)c1-c1cnc(N)c(NCc2ccccc2)c1C. The lowest BCUT2D eigenvalue weighted by Crippen LogP contribution is -2.07. The minimum atomic E-state index is 0.494. The molecule has 5 nitrogen and oxygen atoms in total. The number of rotatable bonds is 4. The third-order valence-corrected chi connectivity index (χ3v) is 3.98. The molecule has 0 fully saturated rings. The van der Waals surface area contributed by atoms with Gasteiger partial charge in [-0.2, -0.15) is 0 Å². The Balaban J connectivity index is 1.96. The molecule has 0 unspecified atom stereocenters. The summed E-state index contributed by atoms with van der Waals surface area (Å²) < 4.78 is 5.27. The first-order valence-electron chi connectivity index (χ1n) is 7.54. The molecule has 0 aliphatic heterocycles. The maximum atomic E-state index is 6.07. The van der Waals surface area contributed by atoms with Gasteiger partial charge in [0.05, 0.1) is 11.4 Å². The molecule has 1 aromatic carbocycles. The minimum Gasteiger partial charge on any atom is -0.382 e. The fraction of sp³-hybridized carbons (Fsp3) is 0.222. The van der Waals surface area contributed by atoms with E-state index in [1.54, 1.807) is 6.20 Å². The first-order chi connectivity index (χ1) is 11.1. The number of nitrogens with zero attached hydrogens (tertiary/aromatic N) is 2. The summed E-state index contributed by atoms with van der Waals surface area (Å²) in [7, 11) is 0. The number of aryl methyl sites for hydroxylation is 2. The van der Waals surface area contributed by atoms with Crippen LogP contribution in [0.2, 0.25) is 0 Å². The average Bonchev–Trinajstić information content (AvgIpc) is 2.88. The zero-order valence-corrected chi connectivity index (χ0v) is 13.6. The summed E-state index contributed by atoms with van der Waals surface area (Å²) in [5.41, 5.74) is 12.0. The molecule has 0 saturated heterocycles. The van der Waals surface area contributed by atoms with E-state index < -0.39 is 0 Å². The highest BCUT2D eigenvalue weighted by atomic mass is 16.5. The molecule has 0 spiro atoms. The number of hydrogen-bond donors (Lipinski definition) is 2. The molecule has 3 rings (SSSR count). The summed E-state index contributed by atoms with van der Waals surface area (Å²) in [6.45, 7) is 6.56. The molecular formula is C18H20N4O. The summed E-state index contributed by atoms with van der Waals surface area (Å²) in [6, 6.07) is 10.2. The van der Waals surface area contributed by atoms with E-state index in [9.17, 15) is 0 Å². The maximum absolute atomic E-state index is 6.07. The van der Waals surface area contributed by atoms with Crippen molar-refractivity contribution in [1.82, 2.24) is 10.1 Å². The average molecular weight is 308 g/mol. The van der Waals surface area contributed by atoms with E-state index in [2.05, 4.69) is 27.6 Å². The van der Waals surface area contributed by atoms with Crippen molar-refractivity contribution >= 4 is 11.5 Å². The van der Waals surface area contributed by atoms with Crippen LogP contribution in [0.3, 0.4) is 0 Å². The van der Waals surface area contributed by atoms with E-state index in [1.807, 2.05) is 39.0 Å². The van der Waals surface area contributed by atoms with E-state index in [0.29, 0.717) is 12.4 Å². The van der Waals surface area contributed by atoms with Crippen LogP contribution in [0.5, 0.6) is 0 Å². The van der Waals surface area contributed by atoms with Gasteiger partial charge in [-0.15, -0.1) is 0 Å². The molecule has 3 aromatic rings. The molecule has 0 atom stereocenters. The number of hydrogen-bond acceptors (Lipinski definition) is 5. The number of aromatic nitrogens is 2. The van der Waals surface area contributed by atoms with Crippen molar-refractivity contribution in [1.29, 1.82) is 0 Å². The Labute approximate surface area is 135 Å². The van der Waals surface area contributed by atoms with Crippen LogP contribution in [0.15, 0.2) is 41.1 Å². The Morgan fingerprint density at radius 1 is 1.13 bits per heavy atom. The molecule has 0 radical (unpaired) electrons. The molecule has 118 valence electrons. The number of benzene rings is 1. The van der Waals surface area contributed by atoms with E-state index >= 15 is 0 Å². The molecule has 23 heavy (non-hydrogen) atoms. The maximum Gasteiger partial charge on any atom is 0.147 e. The largest absolute Gasteiger partial charge is 0.382 e. The van der Waals surface area contributed by atoms with E-state index in [4.69, 9.17) is 10.3 Å². The topological polar surface area (TPSA) is 77.0 Å². The zero-order chi connectivity index (χ0) is 16.4. The van der Waals surface area contributed by atoms with Crippen molar-refractivity contribution in [3.8, 4) is 11.1 Å². The first kappa shape index (κ1) is 15.1. The molecule has 0 saturated carbocycles. The summed E-state index contributed by atoms with van der Waals surface area (Å²) in [6.07, 6.45) is 1.78. The van der Waals surface area contributed by atoms with E-state index in [0.717, 1.165) is 33.8 Å². The van der Waals surface area contributed by atoms with Gasteiger partial charge in [0.1, 0.15) is 11.6 Å². The molecule has 3 N–H and O–H groups in total. The summed E-state index contributed by atoms with van der Waals surface area (Å²) in [5, 5.41) is 7.43. The summed E-state index contributed by atoms with van der Waals surface area (Å²) in [4.78, 5) is 4.34. The van der Waals surface area contributed by atoms with E-state index in [1.165, 1.54) is 5.56 Å². The standard InChI is InChI=1S/C18H20N4O/c1-11-15(16-12(2)22-23-13(16)3)10-21-18(19)17(11)20-9-14-7-5-4-6-8-14/h4-8,10,20H,9H2,1-3H3,(H2,19,21). The highest BCUT2D eigenvalue weighted by Crippen LogP contribution is 2.34. The van der Waals surface area contributed by atoms with Crippen LogP contribution >= 0.6 is 0 Å². The highest BCUT2D eigenvalue weighted by molar-refractivity contribution is 5.80. The fourth-order valence-electron chi connectivity index (χ4n) is 2.75. The van der Waals surface area contributed by atoms with Gasteiger partial charge in [-0.25, -0.2) is 4.98 Å². The number of nitrogen functional groups attached to an aromatic ring is 1. The molecule has 2 aromatic heterocycles. The van der Waals surface area contributed by atoms with Gasteiger partial charge in [0.25, 0.3) is 0 Å². The zero-order valence-electron chi connectivity index (χ0n) is 13.6. The molecule has 2 heterocycles. The van der Waals surface area contributed by atoms with Gasteiger partial charge in [0.15, 0.2) is 0 Å².